The number of carbonyl (C=O) groups excluding carboxylic acids is 2. The molecule has 0 saturated carbocycles. The summed E-state index contributed by atoms with van der Waals surface area (Å²) in [6.07, 6.45) is 34.6. The normalized spacial score (nSPS) is 13.0. The predicted octanol–water partition coefficient (Wildman–Crippen LogP) is 11.5. The lowest BCUT2D eigenvalue weighted by Crippen LogP contribution is -2.37. The molecule has 9 heteroatoms. The van der Waals surface area contributed by atoms with Gasteiger partial charge in [0.2, 0.25) is 5.85 Å². The highest BCUT2D eigenvalue weighted by Gasteiger charge is 2.42. The second kappa shape index (κ2) is 34.5. The summed E-state index contributed by atoms with van der Waals surface area (Å²) in [4.78, 5) is 44.3. The van der Waals surface area contributed by atoms with Crippen molar-refractivity contribution < 1.29 is 38.5 Å². The van der Waals surface area contributed by atoms with Gasteiger partial charge in [-0.1, -0.05) is 194 Å². The summed E-state index contributed by atoms with van der Waals surface area (Å²) in [5.74, 6) is -3.41. The van der Waals surface area contributed by atoms with E-state index in [9.17, 15) is 29.0 Å². The molecule has 0 radical (unpaired) electrons. The highest BCUT2D eigenvalue weighted by Crippen LogP contribution is 2.44. The first-order chi connectivity index (χ1) is 23.3. The third-order valence-electron chi connectivity index (χ3n) is 9.33. The van der Waals surface area contributed by atoms with Crippen LogP contribution in [0.4, 0.5) is 0 Å². The minimum absolute atomic E-state index is 0.0278. The molecule has 0 aliphatic carbocycles. The summed E-state index contributed by atoms with van der Waals surface area (Å²) >= 11 is 0. The molecular weight excluding hydrogens is 627 g/mol. The van der Waals surface area contributed by atoms with E-state index >= 15 is 0 Å². The molecule has 0 aromatic rings. The van der Waals surface area contributed by atoms with Crippen molar-refractivity contribution in [2.45, 2.75) is 231 Å². The van der Waals surface area contributed by atoms with Crippen molar-refractivity contribution in [3.8, 4) is 0 Å². The van der Waals surface area contributed by atoms with Crippen LogP contribution < -0.4 is 0 Å². The minimum Gasteiger partial charge on any atom is -0.455 e. The number of esters is 2. The van der Waals surface area contributed by atoms with E-state index in [1.807, 2.05) is 0 Å². The van der Waals surface area contributed by atoms with Crippen molar-refractivity contribution in [1.29, 1.82) is 0 Å². The lowest BCUT2D eigenvalue weighted by molar-refractivity contribution is -0.166. The van der Waals surface area contributed by atoms with E-state index in [2.05, 4.69) is 13.8 Å². The Balaban J connectivity index is 3.99. The van der Waals surface area contributed by atoms with Gasteiger partial charge in [-0.25, -0.2) is 0 Å². The zero-order valence-corrected chi connectivity index (χ0v) is 32.2. The van der Waals surface area contributed by atoms with E-state index < -0.39 is 38.1 Å². The summed E-state index contributed by atoms with van der Waals surface area (Å²) in [6.45, 7) is 3.65. The molecule has 48 heavy (non-hydrogen) atoms. The second-order valence-electron chi connectivity index (χ2n) is 14.1. The quantitative estimate of drug-likeness (QED) is 0.0331. The summed E-state index contributed by atoms with van der Waals surface area (Å²) in [7, 11) is -4.98. The van der Waals surface area contributed by atoms with E-state index in [0.29, 0.717) is 12.8 Å². The average molecular weight is 705 g/mol. The van der Waals surface area contributed by atoms with Gasteiger partial charge in [-0.2, -0.15) is 0 Å². The SMILES string of the molecule is CCCCCCCCCCCCCCCCCC(=O)OC([C@H](CO)OC(=O)CCCCCCCCCCCCCCCCC)P(=O)(O)O. The van der Waals surface area contributed by atoms with Crippen molar-refractivity contribution in [3.05, 3.63) is 0 Å². The molecular formula is C39H77O8P. The number of aliphatic hydroxyl groups excluding tert-OH is 1. The molecule has 0 spiro atoms. The fraction of sp³-hybridized carbons (Fsp3) is 0.949. The molecule has 3 N–H and O–H groups in total. The molecule has 2 atom stereocenters. The second-order valence-corrected chi connectivity index (χ2v) is 15.8. The molecule has 0 aromatic carbocycles. The summed E-state index contributed by atoms with van der Waals surface area (Å²) in [6, 6.07) is 0. The number of aliphatic hydroxyl groups is 1. The van der Waals surface area contributed by atoms with E-state index in [-0.39, 0.29) is 12.8 Å². The molecule has 286 valence electrons. The minimum atomic E-state index is -4.98. The van der Waals surface area contributed by atoms with Gasteiger partial charge in [-0.3, -0.25) is 14.2 Å². The highest BCUT2D eigenvalue weighted by molar-refractivity contribution is 7.52. The van der Waals surface area contributed by atoms with E-state index in [4.69, 9.17) is 9.47 Å². The van der Waals surface area contributed by atoms with Gasteiger partial charge in [-0.15, -0.1) is 0 Å². The maximum absolute atomic E-state index is 12.4. The van der Waals surface area contributed by atoms with Gasteiger partial charge in [0.15, 0.2) is 6.10 Å². The van der Waals surface area contributed by atoms with Crippen LogP contribution in [0.1, 0.15) is 219 Å². The molecule has 0 saturated heterocycles. The van der Waals surface area contributed by atoms with Crippen LogP contribution in [0.25, 0.3) is 0 Å². The molecule has 0 bridgehead atoms. The first-order valence-corrected chi connectivity index (χ1v) is 22.0. The van der Waals surface area contributed by atoms with Gasteiger partial charge >= 0.3 is 19.5 Å². The Morgan fingerprint density at radius 1 is 0.458 bits per heavy atom. The van der Waals surface area contributed by atoms with Crippen LogP contribution >= 0.6 is 7.60 Å². The Morgan fingerprint density at radius 3 is 0.958 bits per heavy atom. The molecule has 0 fully saturated rings. The van der Waals surface area contributed by atoms with E-state index in [0.717, 1.165) is 38.5 Å². The summed E-state index contributed by atoms with van der Waals surface area (Å²) in [5.41, 5.74) is 0. The van der Waals surface area contributed by atoms with Gasteiger partial charge in [0.1, 0.15) is 0 Å². The van der Waals surface area contributed by atoms with Crippen LogP contribution in [0.3, 0.4) is 0 Å². The smallest absolute Gasteiger partial charge is 0.369 e. The Morgan fingerprint density at radius 2 is 0.708 bits per heavy atom. The molecule has 0 amide bonds. The third-order valence-corrected chi connectivity index (χ3v) is 10.4. The van der Waals surface area contributed by atoms with Crippen molar-refractivity contribution in [3.63, 3.8) is 0 Å². The number of unbranched alkanes of at least 4 members (excludes halogenated alkanes) is 28. The van der Waals surface area contributed by atoms with Crippen molar-refractivity contribution in [2.75, 3.05) is 6.61 Å². The van der Waals surface area contributed by atoms with Crippen LogP contribution in [-0.4, -0.2) is 45.4 Å². The summed E-state index contributed by atoms with van der Waals surface area (Å²) in [5, 5.41) is 9.73. The largest absolute Gasteiger partial charge is 0.455 e. The maximum atomic E-state index is 12.4. The van der Waals surface area contributed by atoms with Crippen LogP contribution in [0.5, 0.6) is 0 Å². The zero-order valence-electron chi connectivity index (χ0n) is 31.3. The fourth-order valence-electron chi connectivity index (χ4n) is 6.25. The van der Waals surface area contributed by atoms with Crippen LogP contribution in [0, 0.1) is 0 Å². The van der Waals surface area contributed by atoms with Crippen molar-refractivity contribution in [2.24, 2.45) is 0 Å². The predicted molar refractivity (Wildman–Crippen MR) is 198 cm³/mol. The van der Waals surface area contributed by atoms with Crippen molar-refractivity contribution >= 4 is 19.5 Å². The number of ether oxygens (including phenoxy) is 2. The van der Waals surface area contributed by atoms with Gasteiger partial charge in [0, 0.05) is 12.8 Å². The maximum Gasteiger partial charge on any atom is 0.369 e. The third kappa shape index (κ3) is 31.1. The monoisotopic (exact) mass is 705 g/mol. The Labute approximate surface area is 295 Å². The van der Waals surface area contributed by atoms with Gasteiger partial charge in [-0.05, 0) is 12.8 Å². The number of hydrogen-bond donors (Lipinski definition) is 3. The van der Waals surface area contributed by atoms with Crippen LogP contribution in [-0.2, 0) is 23.6 Å². The van der Waals surface area contributed by atoms with Crippen LogP contribution in [0.15, 0.2) is 0 Å². The Kier molecular flexibility index (Phi) is 33.8. The molecule has 0 rings (SSSR count). The Bertz CT molecular complexity index is 771. The number of carbonyl (C=O) groups is 2. The average Bonchev–Trinajstić information content (AvgIpc) is 3.05. The summed E-state index contributed by atoms with van der Waals surface area (Å²) < 4.78 is 22.3. The lowest BCUT2D eigenvalue weighted by atomic mass is 10.0. The Hall–Kier alpha value is -0.950. The topological polar surface area (TPSA) is 130 Å². The van der Waals surface area contributed by atoms with Gasteiger partial charge < -0.3 is 24.4 Å². The molecule has 0 aromatic heterocycles. The fourth-order valence-corrected chi connectivity index (χ4v) is 7.09. The number of hydrogen-bond acceptors (Lipinski definition) is 6. The van der Waals surface area contributed by atoms with E-state index in [1.165, 1.54) is 141 Å². The first kappa shape index (κ1) is 47.0. The van der Waals surface area contributed by atoms with Gasteiger partial charge in [0.05, 0.1) is 6.61 Å². The first-order valence-electron chi connectivity index (χ1n) is 20.3. The molecule has 0 heterocycles. The van der Waals surface area contributed by atoms with E-state index in [1.54, 1.807) is 0 Å². The lowest BCUT2D eigenvalue weighted by Gasteiger charge is -2.26. The molecule has 8 nitrogen and oxygen atoms in total. The number of rotatable bonds is 37. The standard InChI is InChI=1S/C39H77O8P/c1-3-5-7-9-11-13-15-17-19-21-23-25-27-29-31-33-37(41)46-36(35-40)39(48(43,44)45)47-38(42)34-32-30-28-26-24-22-20-18-16-14-12-10-8-6-4-2/h36,39-40H,3-35H2,1-2H3,(H2,43,44,45)/t36-,39?/m0/s1. The molecule has 1 unspecified atom stereocenters. The zero-order chi connectivity index (χ0) is 35.6. The molecule has 0 aliphatic heterocycles. The van der Waals surface area contributed by atoms with Gasteiger partial charge in [0.25, 0.3) is 0 Å². The highest BCUT2D eigenvalue weighted by atomic mass is 31.2. The molecule has 0 aliphatic rings. The van der Waals surface area contributed by atoms with Crippen LogP contribution in [0.2, 0.25) is 0 Å². The van der Waals surface area contributed by atoms with Crippen molar-refractivity contribution in [1.82, 2.24) is 0 Å².